The first kappa shape index (κ1) is 16.4. The lowest BCUT2D eigenvalue weighted by atomic mass is 10.1. The zero-order chi connectivity index (χ0) is 15.1. The molecule has 0 fully saturated rings. The molecule has 0 saturated heterocycles. The van der Waals surface area contributed by atoms with Crippen molar-refractivity contribution in [3.05, 3.63) is 24.0 Å². The van der Waals surface area contributed by atoms with E-state index >= 15 is 0 Å². The monoisotopic (exact) mass is 281 g/mol. The van der Waals surface area contributed by atoms with Crippen LogP contribution in [0, 0.1) is 5.82 Å². The Balaban J connectivity index is 2.44. The van der Waals surface area contributed by atoms with Crippen LogP contribution in [-0.4, -0.2) is 30.4 Å². The highest BCUT2D eigenvalue weighted by atomic mass is 19.1. The van der Waals surface area contributed by atoms with Gasteiger partial charge in [-0.15, -0.1) is 0 Å². The van der Waals surface area contributed by atoms with E-state index in [4.69, 9.17) is 5.73 Å². The number of benzene rings is 1. The summed E-state index contributed by atoms with van der Waals surface area (Å²) in [5.41, 5.74) is 6.35. The molecule has 112 valence electrons. The van der Waals surface area contributed by atoms with Crippen molar-refractivity contribution >= 4 is 17.3 Å². The molecule has 0 saturated carbocycles. The second-order valence-corrected chi connectivity index (χ2v) is 5.15. The molecule has 4 nitrogen and oxygen atoms in total. The highest BCUT2D eigenvalue weighted by Gasteiger charge is 2.11. The fourth-order valence-electron chi connectivity index (χ4n) is 2.00. The number of nitrogens with two attached hydrogens (primary N) is 1. The Hall–Kier alpha value is -1.62. The molecule has 3 N–H and O–H groups in total. The Kier molecular flexibility index (Phi) is 6.45. The molecule has 1 atom stereocenters. The predicted molar refractivity (Wildman–Crippen MR) is 81.1 cm³/mol. The molecule has 0 radical (unpaired) electrons. The van der Waals surface area contributed by atoms with E-state index in [2.05, 4.69) is 24.1 Å². The Morgan fingerprint density at radius 3 is 2.80 bits per heavy atom. The average molecular weight is 281 g/mol. The van der Waals surface area contributed by atoms with Crippen LogP contribution in [0.3, 0.4) is 0 Å². The van der Waals surface area contributed by atoms with Crippen LogP contribution in [0.2, 0.25) is 0 Å². The third-order valence-corrected chi connectivity index (χ3v) is 3.44. The van der Waals surface area contributed by atoms with E-state index in [1.807, 2.05) is 7.05 Å². The van der Waals surface area contributed by atoms with Gasteiger partial charge in [-0.3, -0.25) is 4.79 Å². The van der Waals surface area contributed by atoms with Crippen molar-refractivity contribution in [1.82, 2.24) is 4.90 Å². The first-order chi connectivity index (χ1) is 9.43. The second-order valence-electron chi connectivity index (χ2n) is 5.15. The van der Waals surface area contributed by atoms with Crippen molar-refractivity contribution in [3.63, 3.8) is 0 Å². The molecule has 0 aliphatic rings. The summed E-state index contributed by atoms with van der Waals surface area (Å²) in [5.74, 6) is -0.521. The minimum atomic E-state index is -0.409. The van der Waals surface area contributed by atoms with E-state index in [9.17, 15) is 9.18 Å². The van der Waals surface area contributed by atoms with E-state index in [-0.39, 0.29) is 11.6 Å². The smallest absolute Gasteiger partial charge is 0.225 e. The van der Waals surface area contributed by atoms with E-state index in [1.165, 1.54) is 18.2 Å². The van der Waals surface area contributed by atoms with Crippen LogP contribution in [-0.2, 0) is 4.79 Å². The molecule has 5 heteroatoms. The third kappa shape index (κ3) is 5.17. The summed E-state index contributed by atoms with van der Waals surface area (Å²) in [4.78, 5) is 14.0. The third-order valence-electron chi connectivity index (χ3n) is 3.44. The molecule has 20 heavy (non-hydrogen) atoms. The molecule has 1 amide bonds. The number of hydrogen-bond acceptors (Lipinski definition) is 3. The summed E-state index contributed by atoms with van der Waals surface area (Å²) in [6.07, 6.45) is 2.63. The van der Waals surface area contributed by atoms with Gasteiger partial charge in [0.25, 0.3) is 0 Å². The van der Waals surface area contributed by atoms with Crippen LogP contribution < -0.4 is 11.1 Å². The van der Waals surface area contributed by atoms with Crippen molar-refractivity contribution in [2.75, 3.05) is 24.6 Å². The molecule has 1 aromatic carbocycles. The largest absolute Gasteiger partial charge is 0.397 e. The van der Waals surface area contributed by atoms with Gasteiger partial charge < -0.3 is 16.0 Å². The van der Waals surface area contributed by atoms with Gasteiger partial charge in [0.15, 0.2) is 0 Å². The maximum Gasteiger partial charge on any atom is 0.225 e. The molecule has 0 aliphatic heterocycles. The summed E-state index contributed by atoms with van der Waals surface area (Å²) < 4.78 is 12.9. The number of rotatable bonds is 7. The van der Waals surface area contributed by atoms with Gasteiger partial charge in [0, 0.05) is 19.0 Å². The van der Waals surface area contributed by atoms with Crippen molar-refractivity contribution in [1.29, 1.82) is 0 Å². The maximum absolute atomic E-state index is 12.9. The van der Waals surface area contributed by atoms with Crippen LogP contribution in [0.4, 0.5) is 15.8 Å². The molecule has 0 bridgehead atoms. The molecule has 1 rings (SSSR count). The van der Waals surface area contributed by atoms with Gasteiger partial charge in [-0.1, -0.05) is 13.3 Å². The van der Waals surface area contributed by atoms with Gasteiger partial charge in [-0.2, -0.15) is 0 Å². The zero-order valence-electron chi connectivity index (χ0n) is 12.4. The Morgan fingerprint density at radius 2 is 2.20 bits per heavy atom. The van der Waals surface area contributed by atoms with Gasteiger partial charge in [0.05, 0.1) is 11.4 Å². The van der Waals surface area contributed by atoms with Crippen LogP contribution in [0.25, 0.3) is 0 Å². The number of carbonyl (C=O) groups is 1. The predicted octanol–water partition coefficient (Wildman–Crippen LogP) is 2.86. The number of nitrogens with zero attached hydrogens (tertiary/aromatic N) is 1. The molecule has 0 spiro atoms. The molecular formula is C15H24FN3O. The number of anilines is 2. The highest BCUT2D eigenvalue weighted by Crippen LogP contribution is 2.19. The minimum absolute atomic E-state index is 0.112. The highest BCUT2D eigenvalue weighted by molar-refractivity contribution is 5.93. The summed E-state index contributed by atoms with van der Waals surface area (Å²) in [5, 5.41) is 2.71. The van der Waals surface area contributed by atoms with E-state index < -0.39 is 5.82 Å². The van der Waals surface area contributed by atoms with Crippen molar-refractivity contribution in [2.24, 2.45) is 0 Å². The molecule has 0 heterocycles. The van der Waals surface area contributed by atoms with Crippen LogP contribution in [0.1, 0.15) is 33.1 Å². The minimum Gasteiger partial charge on any atom is -0.397 e. The standard InChI is InChI=1S/C15H24FN3O/c1-4-5-11(2)19(3)9-8-15(20)18-14-7-6-12(16)10-13(14)17/h6-7,10-11H,4-5,8-9,17H2,1-3H3,(H,18,20). The lowest BCUT2D eigenvalue weighted by Crippen LogP contribution is -2.32. The van der Waals surface area contributed by atoms with E-state index in [1.54, 1.807) is 0 Å². The average Bonchev–Trinajstić information content (AvgIpc) is 2.39. The normalized spacial score (nSPS) is 12.4. The number of hydrogen-bond donors (Lipinski definition) is 2. The summed E-state index contributed by atoms with van der Waals surface area (Å²) in [6.45, 7) is 4.99. The van der Waals surface area contributed by atoms with Gasteiger partial charge >= 0.3 is 0 Å². The van der Waals surface area contributed by atoms with Crippen LogP contribution in [0.5, 0.6) is 0 Å². The van der Waals surface area contributed by atoms with E-state index in [0.717, 1.165) is 12.8 Å². The fraction of sp³-hybridized carbons (Fsp3) is 0.533. The molecule has 0 aliphatic carbocycles. The Morgan fingerprint density at radius 1 is 1.50 bits per heavy atom. The summed E-state index contributed by atoms with van der Waals surface area (Å²) in [6, 6.07) is 4.42. The first-order valence-corrected chi connectivity index (χ1v) is 6.99. The quantitative estimate of drug-likeness (QED) is 0.756. The summed E-state index contributed by atoms with van der Waals surface area (Å²) >= 11 is 0. The van der Waals surface area contributed by atoms with Gasteiger partial charge in [-0.25, -0.2) is 4.39 Å². The fourth-order valence-corrected chi connectivity index (χ4v) is 2.00. The lowest BCUT2D eigenvalue weighted by molar-refractivity contribution is -0.116. The lowest BCUT2D eigenvalue weighted by Gasteiger charge is -2.23. The number of carbonyl (C=O) groups excluding carboxylic acids is 1. The maximum atomic E-state index is 12.9. The van der Waals surface area contributed by atoms with Gasteiger partial charge in [0.1, 0.15) is 5.82 Å². The van der Waals surface area contributed by atoms with Gasteiger partial charge in [-0.05, 0) is 38.6 Å². The molecule has 1 unspecified atom stereocenters. The zero-order valence-corrected chi connectivity index (χ0v) is 12.4. The molecular weight excluding hydrogens is 257 g/mol. The number of halogens is 1. The van der Waals surface area contributed by atoms with Crippen LogP contribution >= 0.6 is 0 Å². The topological polar surface area (TPSA) is 58.4 Å². The van der Waals surface area contributed by atoms with Crippen LogP contribution in [0.15, 0.2) is 18.2 Å². The van der Waals surface area contributed by atoms with E-state index in [0.29, 0.717) is 24.7 Å². The Bertz CT molecular complexity index is 451. The number of nitrogens with one attached hydrogen (secondary N) is 1. The summed E-state index contributed by atoms with van der Waals surface area (Å²) in [7, 11) is 2.01. The number of nitrogen functional groups attached to an aromatic ring is 1. The van der Waals surface area contributed by atoms with Crippen molar-refractivity contribution in [3.8, 4) is 0 Å². The van der Waals surface area contributed by atoms with Crippen molar-refractivity contribution in [2.45, 2.75) is 39.2 Å². The first-order valence-electron chi connectivity index (χ1n) is 6.99. The number of amides is 1. The molecule has 0 aromatic heterocycles. The molecule has 1 aromatic rings. The second kappa shape index (κ2) is 7.85. The van der Waals surface area contributed by atoms with Gasteiger partial charge in [0.2, 0.25) is 5.91 Å². The van der Waals surface area contributed by atoms with Crippen molar-refractivity contribution < 1.29 is 9.18 Å². The Labute approximate surface area is 120 Å². The SMILES string of the molecule is CCCC(C)N(C)CCC(=O)Nc1ccc(F)cc1N.